The molecule has 0 fully saturated rings. The van der Waals surface area contributed by atoms with Crippen molar-refractivity contribution in [2.75, 3.05) is 6.54 Å². The van der Waals surface area contributed by atoms with E-state index >= 15 is 0 Å². The summed E-state index contributed by atoms with van der Waals surface area (Å²) in [5.41, 5.74) is 2.74. The predicted octanol–water partition coefficient (Wildman–Crippen LogP) is 3.51. The maximum atomic E-state index is 11.8. The number of hydrogen-bond acceptors (Lipinski definition) is 3. The number of benzene rings is 1. The van der Waals surface area contributed by atoms with Gasteiger partial charge in [-0.3, -0.25) is 4.79 Å². The molecule has 0 bridgehead atoms. The van der Waals surface area contributed by atoms with Crippen molar-refractivity contribution in [1.82, 2.24) is 10.3 Å². The molecule has 0 saturated carbocycles. The van der Waals surface area contributed by atoms with E-state index in [1.54, 1.807) is 11.3 Å². The van der Waals surface area contributed by atoms with Crippen LogP contribution in [0.25, 0.3) is 11.3 Å². The van der Waals surface area contributed by atoms with Crippen LogP contribution < -0.4 is 5.32 Å². The van der Waals surface area contributed by atoms with Gasteiger partial charge in [-0.25, -0.2) is 4.98 Å². The normalized spacial score (nSPS) is 10.4. The predicted molar refractivity (Wildman–Crippen MR) is 79.6 cm³/mol. The number of nitrogens with one attached hydrogen (secondary N) is 1. The summed E-state index contributed by atoms with van der Waals surface area (Å²) in [5.74, 6) is -0.0130. The molecule has 0 radical (unpaired) electrons. The van der Waals surface area contributed by atoms with Crippen LogP contribution in [-0.4, -0.2) is 17.4 Å². The first-order chi connectivity index (χ1) is 9.24. The number of amides is 1. The quantitative estimate of drug-likeness (QED) is 0.906. The van der Waals surface area contributed by atoms with Crippen molar-refractivity contribution in [3.8, 4) is 11.3 Å². The van der Waals surface area contributed by atoms with Crippen LogP contribution in [0.3, 0.4) is 0 Å². The number of aryl methyl sites for hydroxylation is 1. The van der Waals surface area contributed by atoms with Crippen LogP contribution in [0.4, 0.5) is 0 Å². The molecule has 1 heterocycles. The number of rotatable bonds is 5. The van der Waals surface area contributed by atoms with Crippen molar-refractivity contribution in [3.63, 3.8) is 0 Å². The lowest BCUT2D eigenvalue weighted by Crippen LogP contribution is -2.23. The van der Waals surface area contributed by atoms with Gasteiger partial charge >= 0.3 is 0 Å². The van der Waals surface area contributed by atoms with Crippen LogP contribution >= 0.6 is 11.3 Å². The van der Waals surface area contributed by atoms with E-state index in [1.807, 2.05) is 31.2 Å². The van der Waals surface area contributed by atoms with Gasteiger partial charge in [0.25, 0.3) is 5.91 Å². The lowest BCUT2D eigenvalue weighted by molar-refractivity contribution is 0.0953. The highest BCUT2D eigenvalue weighted by Gasteiger charge is 2.06. The first-order valence-corrected chi connectivity index (χ1v) is 7.45. The average Bonchev–Trinajstić information content (AvgIpc) is 2.94. The third kappa shape index (κ3) is 3.41. The minimum Gasteiger partial charge on any atom is -0.352 e. The van der Waals surface area contributed by atoms with Gasteiger partial charge in [0, 0.05) is 23.1 Å². The van der Waals surface area contributed by atoms with Gasteiger partial charge in [-0.1, -0.05) is 26.0 Å². The van der Waals surface area contributed by atoms with Crippen molar-refractivity contribution >= 4 is 17.2 Å². The maximum Gasteiger partial charge on any atom is 0.251 e. The first kappa shape index (κ1) is 13.7. The minimum atomic E-state index is -0.0130. The summed E-state index contributed by atoms with van der Waals surface area (Å²) < 4.78 is 0. The lowest BCUT2D eigenvalue weighted by atomic mass is 10.1. The van der Waals surface area contributed by atoms with Gasteiger partial charge in [-0.15, -0.1) is 11.3 Å². The Morgan fingerprint density at radius 1 is 1.26 bits per heavy atom. The van der Waals surface area contributed by atoms with Crippen LogP contribution in [0.15, 0.2) is 29.6 Å². The van der Waals surface area contributed by atoms with Gasteiger partial charge in [-0.2, -0.15) is 0 Å². The summed E-state index contributed by atoms with van der Waals surface area (Å²) in [7, 11) is 0. The first-order valence-electron chi connectivity index (χ1n) is 6.57. The summed E-state index contributed by atoms with van der Waals surface area (Å²) in [6, 6.07) is 7.61. The SMILES string of the molecule is CCCNC(=O)c1ccc(-c2csc(CC)n2)cc1. The Balaban J connectivity index is 2.11. The molecule has 1 amide bonds. The van der Waals surface area contributed by atoms with Crippen molar-refractivity contribution < 1.29 is 4.79 Å². The Labute approximate surface area is 117 Å². The van der Waals surface area contributed by atoms with Crippen molar-refractivity contribution in [3.05, 3.63) is 40.2 Å². The minimum absolute atomic E-state index is 0.0130. The fourth-order valence-electron chi connectivity index (χ4n) is 1.74. The number of carbonyl (C=O) groups excluding carboxylic acids is 1. The standard InChI is InChI=1S/C15H18N2OS/c1-3-9-16-15(18)12-7-5-11(6-8-12)13-10-19-14(4-2)17-13/h5-8,10H,3-4,9H2,1-2H3,(H,16,18). The second kappa shape index (κ2) is 6.48. The van der Waals surface area contributed by atoms with E-state index in [2.05, 4.69) is 22.6 Å². The molecule has 0 aliphatic heterocycles. The molecule has 0 unspecified atom stereocenters. The lowest BCUT2D eigenvalue weighted by Gasteiger charge is -2.04. The second-order valence-corrected chi connectivity index (χ2v) is 5.26. The zero-order valence-electron chi connectivity index (χ0n) is 11.3. The monoisotopic (exact) mass is 274 g/mol. The molecule has 1 aromatic heterocycles. The fraction of sp³-hybridized carbons (Fsp3) is 0.333. The molecular formula is C15H18N2OS. The zero-order valence-corrected chi connectivity index (χ0v) is 12.1. The number of aromatic nitrogens is 1. The molecule has 2 rings (SSSR count). The van der Waals surface area contributed by atoms with Gasteiger partial charge < -0.3 is 5.32 Å². The number of carbonyl (C=O) groups is 1. The maximum absolute atomic E-state index is 11.8. The Morgan fingerprint density at radius 3 is 2.58 bits per heavy atom. The summed E-state index contributed by atoms with van der Waals surface area (Å²) >= 11 is 1.68. The Morgan fingerprint density at radius 2 is 2.00 bits per heavy atom. The molecule has 100 valence electrons. The molecule has 0 saturated heterocycles. The summed E-state index contributed by atoms with van der Waals surface area (Å²) in [6.07, 6.45) is 1.91. The molecule has 0 atom stereocenters. The van der Waals surface area contributed by atoms with Crippen LogP contribution in [-0.2, 0) is 6.42 Å². The summed E-state index contributed by atoms with van der Waals surface area (Å²) in [5, 5.41) is 6.07. The highest BCUT2D eigenvalue weighted by atomic mass is 32.1. The van der Waals surface area contributed by atoms with Crippen molar-refractivity contribution in [2.24, 2.45) is 0 Å². The molecule has 1 N–H and O–H groups in total. The number of thiazole rings is 1. The van der Waals surface area contributed by atoms with Crippen molar-refractivity contribution in [1.29, 1.82) is 0 Å². The van der Waals surface area contributed by atoms with Gasteiger partial charge in [0.2, 0.25) is 0 Å². The van der Waals surface area contributed by atoms with E-state index in [1.165, 1.54) is 0 Å². The van der Waals surface area contributed by atoms with E-state index in [9.17, 15) is 4.79 Å². The van der Waals surface area contributed by atoms with Crippen LogP contribution in [0, 0.1) is 0 Å². The third-order valence-corrected chi connectivity index (χ3v) is 3.83. The molecular weight excluding hydrogens is 256 g/mol. The van der Waals surface area contributed by atoms with Crippen LogP contribution in [0.1, 0.15) is 35.6 Å². The number of hydrogen-bond donors (Lipinski definition) is 1. The molecule has 19 heavy (non-hydrogen) atoms. The Bertz CT molecular complexity index is 546. The summed E-state index contributed by atoms with van der Waals surface area (Å²) in [4.78, 5) is 16.3. The molecule has 0 aliphatic rings. The topological polar surface area (TPSA) is 42.0 Å². The van der Waals surface area contributed by atoms with E-state index in [4.69, 9.17) is 0 Å². The van der Waals surface area contributed by atoms with E-state index in [0.717, 1.165) is 29.1 Å². The van der Waals surface area contributed by atoms with Gasteiger partial charge in [0.1, 0.15) is 0 Å². The van der Waals surface area contributed by atoms with Gasteiger partial charge in [-0.05, 0) is 25.0 Å². The van der Waals surface area contributed by atoms with Crippen LogP contribution in [0.2, 0.25) is 0 Å². The zero-order chi connectivity index (χ0) is 13.7. The molecule has 2 aromatic rings. The van der Waals surface area contributed by atoms with E-state index in [0.29, 0.717) is 12.1 Å². The smallest absolute Gasteiger partial charge is 0.251 e. The largest absolute Gasteiger partial charge is 0.352 e. The van der Waals surface area contributed by atoms with E-state index < -0.39 is 0 Å². The van der Waals surface area contributed by atoms with E-state index in [-0.39, 0.29) is 5.91 Å². The third-order valence-electron chi connectivity index (χ3n) is 2.83. The fourth-order valence-corrected chi connectivity index (χ4v) is 2.49. The Hall–Kier alpha value is -1.68. The van der Waals surface area contributed by atoms with Gasteiger partial charge in [0.15, 0.2) is 0 Å². The second-order valence-electron chi connectivity index (χ2n) is 4.31. The molecule has 0 aliphatic carbocycles. The molecule has 1 aromatic carbocycles. The highest BCUT2D eigenvalue weighted by molar-refractivity contribution is 7.09. The molecule has 4 heteroatoms. The number of nitrogens with zero attached hydrogens (tertiary/aromatic N) is 1. The molecule has 0 spiro atoms. The summed E-state index contributed by atoms with van der Waals surface area (Å²) in [6.45, 7) is 4.85. The van der Waals surface area contributed by atoms with Crippen molar-refractivity contribution in [2.45, 2.75) is 26.7 Å². The molecule has 3 nitrogen and oxygen atoms in total. The van der Waals surface area contributed by atoms with Crippen LogP contribution in [0.5, 0.6) is 0 Å². The highest BCUT2D eigenvalue weighted by Crippen LogP contribution is 2.22. The average molecular weight is 274 g/mol. The Kier molecular flexibility index (Phi) is 4.68. The van der Waals surface area contributed by atoms with Gasteiger partial charge in [0.05, 0.1) is 10.7 Å².